The second-order valence-corrected chi connectivity index (χ2v) is 5.11. The minimum absolute atomic E-state index is 0.609. The minimum atomic E-state index is 0.609. The highest BCUT2D eigenvalue weighted by Gasteiger charge is 2.35. The highest BCUT2D eigenvalue weighted by Crippen LogP contribution is 2.45. The van der Waals surface area contributed by atoms with E-state index in [0.29, 0.717) is 5.41 Å². The molecule has 0 N–H and O–H groups in total. The summed E-state index contributed by atoms with van der Waals surface area (Å²) in [6, 6.07) is 0. The van der Waals surface area contributed by atoms with Crippen molar-refractivity contribution in [1.29, 1.82) is 0 Å². The number of rotatable bonds is 1. The summed E-state index contributed by atoms with van der Waals surface area (Å²) in [5.74, 6) is 1.85. The zero-order valence-electron chi connectivity index (χ0n) is 7.15. The van der Waals surface area contributed by atoms with E-state index >= 15 is 0 Å². The van der Waals surface area contributed by atoms with Crippen molar-refractivity contribution < 1.29 is 0 Å². The SMILES string of the molecule is CC1CC(C)(C)CC1CBr. The number of hydrogen-bond donors (Lipinski definition) is 0. The van der Waals surface area contributed by atoms with Gasteiger partial charge in [0.25, 0.3) is 0 Å². The molecule has 10 heavy (non-hydrogen) atoms. The van der Waals surface area contributed by atoms with Gasteiger partial charge in [-0.1, -0.05) is 36.7 Å². The van der Waals surface area contributed by atoms with Crippen LogP contribution < -0.4 is 0 Å². The van der Waals surface area contributed by atoms with Crippen molar-refractivity contribution >= 4 is 15.9 Å². The van der Waals surface area contributed by atoms with E-state index in [1.807, 2.05) is 0 Å². The van der Waals surface area contributed by atoms with E-state index in [4.69, 9.17) is 0 Å². The summed E-state index contributed by atoms with van der Waals surface area (Å²) in [4.78, 5) is 0. The average molecular weight is 205 g/mol. The van der Waals surface area contributed by atoms with Crippen molar-refractivity contribution in [2.75, 3.05) is 5.33 Å². The topological polar surface area (TPSA) is 0 Å². The predicted octanol–water partition coefficient (Wildman–Crippen LogP) is 3.45. The third-order valence-corrected chi connectivity index (χ3v) is 3.52. The van der Waals surface area contributed by atoms with Crippen molar-refractivity contribution in [1.82, 2.24) is 0 Å². The van der Waals surface area contributed by atoms with Crippen LogP contribution in [0.4, 0.5) is 0 Å². The Kier molecular flexibility index (Phi) is 2.44. The molecule has 1 rings (SSSR count). The first-order chi connectivity index (χ1) is 4.55. The first-order valence-electron chi connectivity index (χ1n) is 4.11. The standard InChI is InChI=1S/C9H17Br/c1-7-4-9(2,3)5-8(7)6-10/h7-8H,4-6H2,1-3H3. The number of alkyl halides is 1. The van der Waals surface area contributed by atoms with Crippen LogP contribution in [0.5, 0.6) is 0 Å². The molecule has 0 heterocycles. The van der Waals surface area contributed by atoms with Crippen LogP contribution in [0.25, 0.3) is 0 Å². The smallest absolute Gasteiger partial charge is 0.00624 e. The molecule has 0 saturated heterocycles. The first kappa shape index (κ1) is 8.58. The largest absolute Gasteiger partial charge is 0.0925 e. The van der Waals surface area contributed by atoms with Gasteiger partial charge in [0.15, 0.2) is 0 Å². The maximum Gasteiger partial charge on any atom is 0.00624 e. The summed E-state index contributed by atoms with van der Waals surface area (Å²) in [5.41, 5.74) is 0.609. The Morgan fingerprint density at radius 1 is 1.40 bits per heavy atom. The van der Waals surface area contributed by atoms with Crippen LogP contribution in [-0.2, 0) is 0 Å². The molecule has 0 bridgehead atoms. The lowest BCUT2D eigenvalue weighted by molar-refractivity contribution is 0.363. The van der Waals surface area contributed by atoms with Crippen LogP contribution in [0, 0.1) is 17.3 Å². The van der Waals surface area contributed by atoms with Crippen LogP contribution in [-0.4, -0.2) is 5.33 Å². The molecule has 0 spiro atoms. The van der Waals surface area contributed by atoms with E-state index in [1.54, 1.807) is 0 Å². The van der Waals surface area contributed by atoms with Gasteiger partial charge >= 0.3 is 0 Å². The van der Waals surface area contributed by atoms with E-state index in [-0.39, 0.29) is 0 Å². The van der Waals surface area contributed by atoms with Gasteiger partial charge in [-0.2, -0.15) is 0 Å². The summed E-state index contributed by atoms with van der Waals surface area (Å²) in [5, 5.41) is 1.19. The molecule has 0 aromatic carbocycles. The van der Waals surface area contributed by atoms with Gasteiger partial charge in [-0.05, 0) is 30.1 Å². The molecule has 1 aliphatic rings. The highest BCUT2D eigenvalue weighted by molar-refractivity contribution is 9.09. The van der Waals surface area contributed by atoms with Crippen LogP contribution in [0.3, 0.4) is 0 Å². The van der Waals surface area contributed by atoms with E-state index in [1.165, 1.54) is 18.2 Å². The summed E-state index contributed by atoms with van der Waals surface area (Å²) >= 11 is 3.57. The monoisotopic (exact) mass is 204 g/mol. The van der Waals surface area contributed by atoms with Crippen molar-refractivity contribution in [2.45, 2.75) is 33.6 Å². The Morgan fingerprint density at radius 2 is 2.00 bits per heavy atom. The Bertz CT molecular complexity index is 118. The zero-order valence-corrected chi connectivity index (χ0v) is 8.74. The van der Waals surface area contributed by atoms with Gasteiger partial charge in [-0.25, -0.2) is 0 Å². The van der Waals surface area contributed by atoms with Crippen LogP contribution in [0.1, 0.15) is 33.6 Å². The van der Waals surface area contributed by atoms with Crippen molar-refractivity contribution in [2.24, 2.45) is 17.3 Å². The van der Waals surface area contributed by atoms with Gasteiger partial charge in [0.2, 0.25) is 0 Å². The zero-order chi connectivity index (χ0) is 7.78. The molecule has 60 valence electrons. The fourth-order valence-corrected chi connectivity index (χ4v) is 3.11. The average Bonchev–Trinajstić information content (AvgIpc) is 2.05. The van der Waals surface area contributed by atoms with Gasteiger partial charge in [-0.3, -0.25) is 0 Å². The molecular weight excluding hydrogens is 188 g/mol. The van der Waals surface area contributed by atoms with E-state index < -0.39 is 0 Å². The van der Waals surface area contributed by atoms with Gasteiger partial charge < -0.3 is 0 Å². The summed E-state index contributed by atoms with van der Waals surface area (Å²) in [7, 11) is 0. The minimum Gasteiger partial charge on any atom is -0.0925 e. The molecule has 2 atom stereocenters. The third kappa shape index (κ3) is 1.75. The number of hydrogen-bond acceptors (Lipinski definition) is 0. The maximum atomic E-state index is 3.57. The molecular formula is C9H17Br. The van der Waals surface area contributed by atoms with Crippen molar-refractivity contribution in [3.8, 4) is 0 Å². The molecule has 1 aliphatic carbocycles. The molecule has 1 fully saturated rings. The van der Waals surface area contributed by atoms with E-state index in [0.717, 1.165) is 11.8 Å². The third-order valence-electron chi connectivity index (χ3n) is 2.69. The van der Waals surface area contributed by atoms with Crippen molar-refractivity contribution in [3.63, 3.8) is 0 Å². The number of halogens is 1. The normalized spacial score (nSPS) is 38.4. The van der Waals surface area contributed by atoms with Crippen LogP contribution in [0.2, 0.25) is 0 Å². The molecule has 0 nitrogen and oxygen atoms in total. The second kappa shape index (κ2) is 2.84. The molecule has 0 amide bonds. The summed E-state index contributed by atoms with van der Waals surface area (Å²) in [6.45, 7) is 7.14. The maximum absolute atomic E-state index is 3.57. The first-order valence-corrected chi connectivity index (χ1v) is 5.23. The van der Waals surface area contributed by atoms with E-state index in [9.17, 15) is 0 Å². The molecule has 0 aromatic heterocycles. The van der Waals surface area contributed by atoms with Gasteiger partial charge in [0, 0.05) is 5.33 Å². The fraction of sp³-hybridized carbons (Fsp3) is 1.00. The lowest BCUT2D eigenvalue weighted by Gasteiger charge is -2.15. The molecule has 0 radical (unpaired) electrons. The fourth-order valence-electron chi connectivity index (χ4n) is 2.24. The summed E-state index contributed by atoms with van der Waals surface area (Å²) < 4.78 is 0. The Labute approximate surface area is 72.5 Å². The molecule has 0 aromatic rings. The Hall–Kier alpha value is 0.480. The highest BCUT2D eigenvalue weighted by atomic mass is 79.9. The van der Waals surface area contributed by atoms with Gasteiger partial charge in [0.1, 0.15) is 0 Å². The molecule has 1 heteroatoms. The summed E-state index contributed by atoms with van der Waals surface area (Å²) in [6.07, 6.45) is 2.81. The second-order valence-electron chi connectivity index (χ2n) is 4.46. The quantitative estimate of drug-likeness (QED) is 0.575. The van der Waals surface area contributed by atoms with Gasteiger partial charge in [0.05, 0.1) is 0 Å². The lowest BCUT2D eigenvalue weighted by Crippen LogP contribution is -2.05. The molecule has 0 aliphatic heterocycles. The molecule has 2 unspecified atom stereocenters. The lowest BCUT2D eigenvalue weighted by atomic mass is 9.91. The van der Waals surface area contributed by atoms with Gasteiger partial charge in [-0.15, -0.1) is 0 Å². The Balaban J connectivity index is 2.52. The molecule has 1 saturated carbocycles. The van der Waals surface area contributed by atoms with Crippen LogP contribution >= 0.6 is 15.9 Å². The Morgan fingerprint density at radius 3 is 2.20 bits per heavy atom. The van der Waals surface area contributed by atoms with Crippen LogP contribution in [0.15, 0.2) is 0 Å². The van der Waals surface area contributed by atoms with Crippen molar-refractivity contribution in [3.05, 3.63) is 0 Å². The predicted molar refractivity (Wildman–Crippen MR) is 49.5 cm³/mol. The van der Waals surface area contributed by atoms with E-state index in [2.05, 4.69) is 36.7 Å².